The Morgan fingerprint density at radius 3 is 2.52 bits per heavy atom. The fourth-order valence-electron chi connectivity index (χ4n) is 3.30. The molecule has 0 bridgehead atoms. The molecule has 3 atom stereocenters. The zero-order valence-electron chi connectivity index (χ0n) is 13.3. The predicted octanol–water partition coefficient (Wildman–Crippen LogP) is 2.46. The lowest BCUT2D eigenvalue weighted by Gasteiger charge is -2.34. The van der Waals surface area contributed by atoms with Gasteiger partial charge in [-0.2, -0.15) is 0 Å². The highest BCUT2D eigenvalue weighted by atomic mass is 32.2. The Labute approximate surface area is 127 Å². The largest absolute Gasteiger partial charge is 0.465 e. The third-order valence-corrected chi connectivity index (χ3v) is 6.50. The number of hydrogen-bond acceptors (Lipinski definition) is 4. The third kappa shape index (κ3) is 3.17. The first-order chi connectivity index (χ1) is 9.77. The van der Waals surface area contributed by atoms with Crippen molar-refractivity contribution in [2.45, 2.75) is 64.4 Å². The first-order valence-corrected chi connectivity index (χ1v) is 9.07. The normalized spacial score (nSPS) is 27.0. The van der Waals surface area contributed by atoms with E-state index in [2.05, 4.69) is 18.6 Å². The monoisotopic (exact) mass is 314 g/mol. The van der Waals surface area contributed by atoms with E-state index >= 15 is 0 Å². The van der Waals surface area contributed by atoms with Crippen LogP contribution in [-0.2, 0) is 16.6 Å². The highest BCUT2D eigenvalue weighted by Gasteiger charge is 2.33. The maximum Gasteiger partial charge on any atom is 0.244 e. The van der Waals surface area contributed by atoms with Crippen molar-refractivity contribution in [1.29, 1.82) is 0 Å². The van der Waals surface area contributed by atoms with Crippen LogP contribution in [0.1, 0.15) is 50.2 Å². The molecule has 6 heteroatoms. The van der Waals surface area contributed by atoms with E-state index in [1.807, 2.05) is 0 Å². The minimum Gasteiger partial charge on any atom is -0.465 e. The van der Waals surface area contributed by atoms with E-state index in [-0.39, 0.29) is 17.5 Å². The lowest BCUT2D eigenvalue weighted by Crippen LogP contribution is -2.43. The van der Waals surface area contributed by atoms with Gasteiger partial charge in [-0.1, -0.05) is 26.7 Å². The SMILES string of the molecule is Cc1oc(C)c(S(=O)(=O)NC2CCCC(C)C2C)c1CN. The summed E-state index contributed by atoms with van der Waals surface area (Å²) in [6.45, 7) is 7.89. The van der Waals surface area contributed by atoms with Crippen LogP contribution in [0.5, 0.6) is 0 Å². The Hall–Kier alpha value is -0.850. The van der Waals surface area contributed by atoms with Crippen molar-refractivity contribution in [3.8, 4) is 0 Å². The van der Waals surface area contributed by atoms with Gasteiger partial charge in [-0.3, -0.25) is 0 Å². The standard InChI is InChI=1S/C15H26N2O3S/c1-9-6-5-7-14(10(9)2)17-21(18,19)15-12(4)20-11(3)13(15)8-16/h9-10,14,17H,5-8,16H2,1-4H3. The topological polar surface area (TPSA) is 85.3 Å². The molecule has 3 N–H and O–H groups in total. The van der Waals surface area contributed by atoms with Gasteiger partial charge in [0.05, 0.1) is 0 Å². The van der Waals surface area contributed by atoms with E-state index in [1.54, 1.807) is 13.8 Å². The number of hydrogen-bond donors (Lipinski definition) is 2. The molecule has 1 aliphatic carbocycles. The summed E-state index contributed by atoms with van der Waals surface area (Å²) >= 11 is 0. The molecular formula is C15H26N2O3S. The van der Waals surface area contributed by atoms with Gasteiger partial charge in [0, 0.05) is 18.2 Å². The van der Waals surface area contributed by atoms with E-state index in [1.165, 1.54) is 0 Å². The molecule has 1 fully saturated rings. The highest BCUT2D eigenvalue weighted by Crippen LogP contribution is 2.32. The van der Waals surface area contributed by atoms with Crippen LogP contribution in [0.25, 0.3) is 0 Å². The molecular weight excluding hydrogens is 288 g/mol. The van der Waals surface area contributed by atoms with Gasteiger partial charge in [0.15, 0.2) is 0 Å². The summed E-state index contributed by atoms with van der Waals surface area (Å²) < 4.78 is 33.8. The number of sulfonamides is 1. The Morgan fingerprint density at radius 1 is 1.24 bits per heavy atom. The predicted molar refractivity (Wildman–Crippen MR) is 82.4 cm³/mol. The fourth-order valence-corrected chi connectivity index (χ4v) is 5.12. The lowest BCUT2D eigenvalue weighted by molar-refractivity contribution is 0.227. The molecule has 1 aromatic heterocycles. The number of aryl methyl sites for hydroxylation is 2. The Morgan fingerprint density at radius 2 is 1.90 bits per heavy atom. The van der Waals surface area contributed by atoms with Crippen LogP contribution in [0.3, 0.4) is 0 Å². The molecule has 0 aromatic carbocycles. The van der Waals surface area contributed by atoms with Crippen LogP contribution < -0.4 is 10.5 Å². The van der Waals surface area contributed by atoms with Gasteiger partial charge in [0.1, 0.15) is 16.4 Å². The van der Waals surface area contributed by atoms with Crippen molar-refractivity contribution < 1.29 is 12.8 Å². The Balaban J connectivity index is 2.31. The van der Waals surface area contributed by atoms with Crippen LogP contribution in [0.4, 0.5) is 0 Å². The van der Waals surface area contributed by atoms with E-state index in [9.17, 15) is 8.42 Å². The highest BCUT2D eigenvalue weighted by molar-refractivity contribution is 7.89. The first-order valence-electron chi connectivity index (χ1n) is 7.59. The van der Waals surface area contributed by atoms with E-state index in [0.29, 0.717) is 28.9 Å². The molecule has 0 amide bonds. The Kier molecular flexibility index (Phi) is 4.80. The molecule has 120 valence electrons. The number of furan rings is 1. The molecule has 1 aromatic rings. The summed E-state index contributed by atoms with van der Waals surface area (Å²) in [6.07, 6.45) is 3.11. The van der Waals surface area contributed by atoms with E-state index < -0.39 is 10.0 Å². The summed E-state index contributed by atoms with van der Waals surface area (Å²) in [5.74, 6) is 1.87. The van der Waals surface area contributed by atoms with Crippen molar-refractivity contribution in [3.05, 3.63) is 17.1 Å². The van der Waals surface area contributed by atoms with Crippen LogP contribution >= 0.6 is 0 Å². The fraction of sp³-hybridized carbons (Fsp3) is 0.733. The molecule has 21 heavy (non-hydrogen) atoms. The number of nitrogens with one attached hydrogen (secondary N) is 1. The van der Waals surface area contributed by atoms with Gasteiger partial charge >= 0.3 is 0 Å². The first kappa shape index (κ1) is 16.5. The second-order valence-corrected chi connectivity index (χ2v) is 7.87. The van der Waals surface area contributed by atoms with Gasteiger partial charge in [-0.25, -0.2) is 13.1 Å². The summed E-state index contributed by atoms with van der Waals surface area (Å²) in [5.41, 5.74) is 6.27. The molecule has 1 saturated carbocycles. The molecule has 0 spiro atoms. The number of nitrogens with two attached hydrogens (primary N) is 1. The van der Waals surface area contributed by atoms with Crippen LogP contribution in [0.15, 0.2) is 9.31 Å². The van der Waals surface area contributed by atoms with E-state index in [4.69, 9.17) is 10.2 Å². The van der Waals surface area contributed by atoms with Gasteiger partial charge in [-0.15, -0.1) is 0 Å². The summed E-state index contributed by atoms with van der Waals surface area (Å²) in [4.78, 5) is 0.230. The second-order valence-electron chi connectivity index (χ2n) is 6.22. The summed E-state index contributed by atoms with van der Waals surface area (Å²) in [6, 6.07) is -0.0148. The summed E-state index contributed by atoms with van der Waals surface area (Å²) in [7, 11) is -3.59. The van der Waals surface area contributed by atoms with Crippen molar-refractivity contribution in [2.75, 3.05) is 0 Å². The molecule has 1 heterocycles. The average molecular weight is 314 g/mol. The van der Waals surface area contributed by atoms with E-state index in [0.717, 1.165) is 19.3 Å². The van der Waals surface area contributed by atoms with Crippen LogP contribution in [-0.4, -0.2) is 14.5 Å². The molecule has 1 aliphatic rings. The van der Waals surface area contributed by atoms with Crippen molar-refractivity contribution in [2.24, 2.45) is 17.6 Å². The maximum absolute atomic E-state index is 12.7. The molecule has 0 saturated heterocycles. The third-order valence-electron chi connectivity index (χ3n) is 4.81. The minimum absolute atomic E-state index is 0.0148. The van der Waals surface area contributed by atoms with Gasteiger partial charge < -0.3 is 10.2 Å². The smallest absolute Gasteiger partial charge is 0.244 e. The lowest BCUT2D eigenvalue weighted by atomic mass is 9.78. The van der Waals surface area contributed by atoms with Crippen molar-refractivity contribution >= 4 is 10.0 Å². The minimum atomic E-state index is -3.59. The molecule has 0 aliphatic heterocycles. The molecule has 2 rings (SSSR count). The molecule has 5 nitrogen and oxygen atoms in total. The van der Waals surface area contributed by atoms with Gasteiger partial charge in [-0.05, 0) is 32.1 Å². The summed E-state index contributed by atoms with van der Waals surface area (Å²) in [5, 5.41) is 0. The van der Waals surface area contributed by atoms with Crippen molar-refractivity contribution in [1.82, 2.24) is 4.72 Å². The number of rotatable bonds is 4. The zero-order valence-corrected chi connectivity index (χ0v) is 14.1. The van der Waals surface area contributed by atoms with Crippen LogP contribution in [0, 0.1) is 25.7 Å². The second kappa shape index (κ2) is 6.10. The van der Waals surface area contributed by atoms with Gasteiger partial charge in [0.2, 0.25) is 10.0 Å². The Bertz CT molecular complexity index is 607. The quantitative estimate of drug-likeness (QED) is 0.894. The van der Waals surface area contributed by atoms with Gasteiger partial charge in [0.25, 0.3) is 0 Å². The average Bonchev–Trinajstić information content (AvgIpc) is 2.69. The van der Waals surface area contributed by atoms with Crippen LogP contribution in [0.2, 0.25) is 0 Å². The maximum atomic E-state index is 12.7. The molecule has 3 unspecified atom stereocenters. The molecule has 0 radical (unpaired) electrons. The van der Waals surface area contributed by atoms with Crippen molar-refractivity contribution in [3.63, 3.8) is 0 Å². The zero-order chi connectivity index (χ0) is 15.8.